The Balaban J connectivity index is 2.38. The van der Waals surface area contributed by atoms with Crippen molar-refractivity contribution < 1.29 is 4.74 Å². The second-order valence-electron chi connectivity index (χ2n) is 4.88. The molecule has 2 rings (SSSR count). The summed E-state index contributed by atoms with van der Waals surface area (Å²) in [7, 11) is 0. The summed E-state index contributed by atoms with van der Waals surface area (Å²) in [6.45, 7) is 6.87. The molecule has 0 aromatic heterocycles. The van der Waals surface area contributed by atoms with Crippen LogP contribution in [0.3, 0.4) is 0 Å². The van der Waals surface area contributed by atoms with Crippen LogP contribution in [-0.4, -0.2) is 6.61 Å². The number of nitrogens with two attached hydrogens (primary N) is 1. The van der Waals surface area contributed by atoms with Gasteiger partial charge in [-0.15, -0.1) is 0 Å². The van der Waals surface area contributed by atoms with Crippen LogP contribution >= 0.6 is 15.9 Å². The summed E-state index contributed by atoms with van der Waals surface area (Å²) in [5, 5.41) is 0. The van der Waals surface area contributed by atoms with Gasteiger partial charge in [0.05, 0.1) is 12.6 Å². The number of benzene rings is 2. The summed E-state index contributed by atoms with van der Waals surface area (Å²) in [4.78, 5) is 0. The second kappa shape index (κ2) is 6.42. The summed E-state index contributed by atoms with van der Waals surface area (Å²) in [6, 6.07) is 12.1. The van der Waals surface area contributed by atoms with Gasteiger partial charge in [-0.3, -0.25) is 0 Å². The molecular formula is C17H20BrNO. The van der Waals surface area contributed by atoms with E-state index < -0.39 is 0 Å². The lowest BCUT2D eigenvalue weighted by molar-refractivity contribution is 0.340. The molecule has 3 heteroatoms. The van der Waals surface area contributed by atoms with E-state index in [1.807, 2.05) is 25.1 Å². The van der Waals surface area contributed by atoms with E-state index in [4.69, 9.17) is 10.5 Å². The van der Waals surface area contributed by atoms with Crippen LogP contribution in [0.2, 0.25) is 0 Å². The van der Waals surface area contributed by atoms with Crippen LogP contribution in [0.4, 0.5) is 0 Å². The maximum absolute atomic E-state index is 6.44. The van der Waals surface area contributed by atoms with Gasteiger partial charge in [-0.05, 0) is 55.2 Å². The van der Waals surface area contributed by atoms with Crippen LogP contribution < -0.4 is 10.5 Å². The molecule has 0 aliphatic heterocycles. The van der Waals surface area contributed by atoms with Crippen LogP contribution in [0.15, 0.2) is 40.9 Å². The van der Waals surface area contributed by atoms with E-state index in [0.29, 0.717) is 6.61 Å². The zero-order valence-electron chi connectivity index (χ0n) is 12.1. The zero-order chi connectivity index (χ0) is 14.7. The molecule has 2 aromatic carbocycles. The Morgan fingerprint density at radius 1 is 1.15 bits per heavy atom. The number of halogens is 1. The molecule has 106 valence electrons. The lowest BCUT2D eigenvalue weighted by Gasteiger charge is -2.18. The lowest BCUT2D eigenvalue weighted by Crippen LogP contribution is -2.14. The smallest absolute Gasteiger partial charge is 0.120 e. The monoisotopic (exact) mass is 333 g/mol. The molecule has 0 saturated heterocycles. The number of hydrogen-bond acceptors (Lipinski definition) is 2. The van der Waals surface area contributed by atoms with Crippen molar-refractivity contribution in [2.45, 2.75) is 26.8 Å². The zero-order valence-corrected chi connectivity index (χ0v) is 13.7. The van der Waals surface area contributed by atoms with Crippen molar-refractivity contribution in [2.75, 3.05) is 6.61 Å². The van der Waals surface area contributed by atoms with Crippen molar-refractivity contribution in [3.63, 3.8) is 0 Å². The fourth-order valence-electron chi connectivity index (χ4n) is 2.29. The van der Waals surface area contributed by atoms with Gasteiger partial charge in [0.2, 0.25) is 0 Å². The molecular weight excluding hydrogens is 314 g/mol. The lowest BCUT2D eigenvalue weighted by atomic mass is 9.93. The predicted octanol–water partition coefficient (Wildman–Crippen LogP) is 4.51. The number of ether oxygens (including phenoxy) is 1. The Labute approximate surface area is 129 Å². The van der Waals surface area contributed by atoms with E-state index in [-0.39, 0.29) is 6.04 Å². The van der Waals surface area contributed by atoms with Gasteiger partial charge >= 0.3 is 0 Å². The summed E-state index contributed by atoms with van der Waals surface area (Å²) in [5.41, 5.74) is 11.2. The molecule has 2 N–H and O–H groups in total. The topological polar surface area (TPSA) is 35.2 Å². The Bertz CT molecular complexity index is 610. The van der Waals surface area contributed by atoms with Crippen molar-refractivity contribution in [3.8, 4) is 5.75 Å². The standard InChI is InChI=1S/C17H20BrNO/c1-4-20-13-8-9-15(16(18)10-13)17(19)14-7-5-6-11(2)12(14)3/h5-10,17H,4,19H2,1-3H3. The molecule has 0 aliphatic carbocycles. The van der Waals surface area contributed by atoms with E-state index in [0.717, 1.165) is 21.3 Å². The maximum atomic E-state index is 6.44. The second-order valence-corrected chi connectivity index (χ2v) is 5.74. The highest BCUT2D eigenvalue weighted by atomic mass is 79.9. The Morgan fingerprint density at radius 2 is 1.90 bits per heavy atom. The summed E-state index contributed by atoms with van der Waals surface area (Å²) < 4.78 is 6.48. The van der Waals surface area contributed by atoms with Gasteiger partial charge in [0.15, 0.2) is 0 Å². The third kappa shape index (κ3) is 3.05. The molecule has 1 unspecified atom stereocenters. The van der Waals surface area contributed by atoms with Gasteiger partial charge in [0.1, 0.15) is 5.75 Å². The summed E-state index contributed by atoms with van der Waals surface area (Å²) in [5.74, 6) is 0.858. The first kappa shape index (κ1) is 15.1. The van der Waals surface area contributed by atoms with E-state index in [1.54, 1.807) is 0 Å². The Morgan fingerprint density at radius 3 is 2.55 bits per heavy atom. The number of aryl methyl sites for hydroxylation is 1. The molecule has 2 aromatic rings. The van der Waals surface area contributed by atoms with E-state index >= 15 is 0 Å². The molecule has 0 spiro atoms. The van der Waals surface area contributed by atoms with Crippen molar-refractivity contribution in [2.24, 2.45) is 5.73 Å². The van der Waals surface area contributed by atoms with E-state index in [1.165, 1.54) is 11.1 Å². The summed E-state index contributed by atoms with van der Waals surface area (Å²) in [6.07, 6.45) is 0. The van der Waals surface area contributed by atoms with Crippen LogP contribution in [-0.2, 0) is 0 Å². The first-order chi connectivity index (χ1) is 9.54. The minimum absolute atomic E-state index is 0.139. The van der Waals surface area contributed by atoms with Gasteiger partial charge in [-0.2, -0.15) is 0 Å². The Kier molecular flexibility index (Phi) is 4.84. The molecule has 2 nitrogen and oxygen atoms in total. The van der Waals surface area contributed by atoms with Gasteiger partial charge in [0.25, 0.3) is 0 Å². The van der Waals surface area contributed by atoms with Crippen LogP contribution in [0, 0.1) is 13.8 Å². The molecule has 0 radical (unpaired) electrons. The third-order valence-corrected chi connectivity index (χ3v) is 4.29. The van der Waals surface area contributed by atoms with Crippen molar-refractivity contribution in [3.05, 3.63) is 63.1 Å². The highest BCUT2D eigenvalue weighted by molar-refractivity contribution is 9.10. The molecule has 0 heterocycles. The molecule has 0 saturated carbocycles. The SMILES string of the molecule is CCOc1ccc(C(N)c2cccc(C)c2C)c(Br)c1. The van der Waals surface area contributed by atoms with Gasteiger partial charge in [-0.1, -0.05) is 40.2 Å². The largest absolute Gasteiger partial charge is 0.494 e. The van der Waals surface area contributed by atoms with Gasteiger partial charge in [0, 0.05) is 4.47 Å². The fourth-order valence-corrected chi connectivity index (χ4v) is 2.90. The van der Waals surface area contributed by atoms with Crippen molar-refractivity contribution >= 4 is 15.9 Å². The average Bonchev–Trinajstić information content (AvgIpc) is 2.42. The molecule has 1 atom stereocenters. The fraction of sp³-hybridized carbons (Fsp3) is 0.294. The van der Waals surface area contributed by atoms with Crippen LogP contribution in [0.25, 0.3) is 0 Å². The van der Waals surface area contributed by atoms with Crippen LogP contribution in [0.5, 0.6) is 5.75 Å². The van der Waals surface area contributed by atoms with E-state index in [2.05, 4.69) is 48.0 Å². The Hall–Kier alpha value is -1.32. The van der Waals surface area contributed by atoms with Gasteiger partial charge < -0.3 is 10.5 Å². The quantitative estimate of drug-likeness (QED) is 0.893. The number of rotatable bonds is 4. The molecule has 0 amide bonds. The molecule has 0 bridgehead atoms. The maximum Gasteiger partial charge on any atom is 0.120 e. The highest BCUT2D eigenvalue weighted by Gasteiger charge is 2.15. The highest BCUT2D eigenvalue weighted by Crippen LogP contribution is 2.32. The normalized spacial score (nSPS) is 12.2. The third-order valence-electron chi connectivity index (χ3n) is 3.60. The molecule has 20 heavy (non-hydrogen) atoms. The first-order valence-electron chi connectivity index (χ1n) is 6.78. The minimum Gasteiger partial charge on any atom is -0.494 e. The first-order valence-corrected chi connectivity index (χ1v) is 7.57. The average molecular weight is 334 g/mol. The van der Waals surface area contributed by atoms with Crippen molar-refractivity contribution in [1.29, 1.82) is 0 Å². The minimum atomic E-state index is -0.139. The molecule has 0 fully saturated rings. The van der Waals surface area contributed by atoms with Gasteiger partial charge in [-0.25, -0.2) is 0 Å². The molecule has 0 aliphatic rings. The van der Waals surface area contributed by atoms with E-state index in [9.17, 15) is 0 Å². The van der Waals surface area contributed by atoms with Crippen molar-refractivity contribution in [1.82, 2.24) is 0 Å². The van der Waals surface area contributed by atoms with Crippen LogP contribution in [0.1, 0.15) is 35.2 Å². The summed E-state index contributed by atoms with van der Waals surface area (Å²) >= 11 is 3.60. The predicted molar refractivity (Wildman–Crippen MR) is 87.3 cm³/mol. The number of hydrogen-bond donors (Lipinski definition) is 1.